The van der Waals surface area contributed by atoms with Gasteiger partial charge in [-0.05, 0) is 242 Å². The van der Waals surface area contributed by atoms with E-state index in [2.05, 4.69) is 82.6 Å². The summed E-state index contributed by atoms with van der Waals surface area (Å²) in [6.45, 7) is 32.8. The number of halogens is 2. The maximum atomic E-state index is 12.8. The first-order valence-corrected chi connectivity index (χ1v) is 51.1. The first kappa shape index (κ1) is 105. The van der Waals surface area contributed by atoms with Gasteiger partial charge in [0, 0.05) is 118 Å². The molecule has 8 amide bonds. The van der Waals surface area contributed by atoms with Crippen molar-refractivity contribution in [2.24, 2.45) is 46.6 Å². The topological polar surface area (TPSA) is 458 Å². The Kier molecular flexibility index (Phi) is 33.8. The van der Waals surface area contributed by atoms with Crippen molar-refractivity contribution >= 4 is 98.1 Å². The second kappa shape index (κ2) is 46.5. The van der Waals surface area contributed by atoms with Gasteiger partial charge in [-0.15, -0.1) is 0 Å². The van der Waals surface area contributed by atoms with Crippen molar-refractivity contribution in [2.45, 2.75) is 173 Å². The fourth-order valence-electron chi connectivity index (χ4n) is 22.1. The molecule has 8 aliphatic heterocycles. The van der Waals surface area contributed by atoms with Gasteiger partial charge < -0.3 is 102 Å². The summed E-state index contributed by atoms with van der Waals surface area (Å²) in [6, 6.07) is 25.3. The van der Waals surface area contributed by atoms with Crippen molar-refractivity contribution in [3.63, 3.8) is 0 Å². The van der Waals surface area contributed by atoms with Crippen molar-refractivity contribution in [2.75, 3.05) is 142 Å². The highest BCUT2D eigenvalue weighted by atomic mass is 79.9. The van der Waals surface area contributed by atoms with Gasteiger partial charge in [-0.25, -0.2) is 18.7 Å². The Morgan fingerprint density at radius 2 is 0.703 bits per heavy atom. The molecule has 13 N–H and O–H groups in total. The van der Waals surface area contributed by atoms with E-state index in [4.69, 9.17) is 88.1 Å². The minimum Gasteiger partial charge on any atom is -0.496 e. The third-order valence-corrected chi connectivity index (χ3v) is 30.7. The number of aliphatic hydroxyl groups is 1. The summed E-state index contributed by atoms with van der Waals surface area (Å²) >= 11 is 9.89. The largest absolute Gasteiger partial charge is 0.496 e. The highest BCUT2D eigenvalue weighted by Gasteiger charge is 2.44. The normalized spacial score (nSPS) is 18.7. The van der Waals surface area contributed by atoms with Crippen LogP contribution in [0.4, 0.5) is 23.3 Å². The van der Waals surface area contributed by atoms with Gasteiger partial charge in [-0.3, -0.25) is 38.4 Å². The molecule has 5 fully saturated rings. The maximum Gasteiger partial charge on any atom is 0.254 e. The molecular weight excluding hydrogens is 1940 g/mol. The van der Waals surface area contributed by atoms with Gasteiger partial charge in [0.15, 0.2) is 0 Å². The van der Waals surface area contributed by atoms with E-state index in [0.29, 0.717) is 237 Å². The molecule has 145 heavy (non-hydrogen) atoms. The van der Waals surface area contributed by atoms with Gasteiger partial charge in [0.05, 0.1) is 93.6 Å². The summed E-state index contributed by atoms with van der Waals surface area (Å²) in [5.41, 5.74) is 33.3. The van der Waals surface area contributed by atoms with Crippen LogP contribution < -0.4 is 77.4 Å². The molecule has 6 unspecified atom stereocenters. The second-order valence-corrected chi connectivity index (χ2v) is 39.5. The Bertz CT molecular complexity index is 6300. The van der Waals surface area contributed by atoms with E-state index in [-0.39, 0.29) is 59.8 Å². The summed E-state index contributed by atoms with van der Waals surface area (Å²) in [7, 11) is 7.96. The van der Waals surface area contributed by atoms with Crippen LogP contribution in [0.5, 0.6) is 40.2 Å². The van der Waals surface area contributed by atoms with Crippen LogP contribution in [0.2, 0.25) is 5.02 Å². The molecule has 38 heteroatoms. The molecule has 6 atom stereocenters. The number of rotatable bonds is 29. The summed E-state index contributed by atoms with van der Waals surface area (Å²) in [5, 5.41) is 43.8. The molecular formula is C107H134BrClN20O16. The Labute approximate surface area is 858 Å². The van der Waals surface area contributed by atoms with E-state index >= 15 is 0 Å². The molecule has 1 aliphatic carbocycles. The van der Waals surface area contributed by atoms with Gasteiger partial charge in [0.25, 0.3) is 23.6 Å². The van der Waals surface area contributed by atoms with Crippen LogP contribution in [0.25, 0.3) is 45.0 Å². The number of ether oxygens (including phenoxy) is 7. The minimum absolute atomic E-state index is 0.00634. The number of aromatic nitrogens is 8. The predicted molar refractivity (Wildman–Crippen MR) is 560 cm³/mol. The number of fused-ring (bicyclic) bond motifs is 4. The molecule has 4 saturated heterocycles. The summed E-state index contributed by atoms with van der Waals surface area (Å²) in [5.74, 6) is 6.20. The SMILES string of the molecule is C=CC(=O)N1CCC(C2CCNc3c(C(N)=O)c(-c4cc(Cl)c(Br)c(OCC)c4)nn32)CC1.C=CC(=O)N1CCC(C2CCNc3c(C(N)=O)c(-c4cc(OC)c(C(C)O)c(OC)c4)nn32)CC1.C=CC(=O)N1CCC(C2CCNc3c(C(N)=O)c(-c4cc(OC)c(C(C)c5ccccc5)c(OC)c4)nn32)CC1.C=CC(=O)N1CCC(C2CCNc3c(C(N)=O)c(-c4cc(OC)c(C5CC5)c(OC(C)C)c4)nn32)CC1. The molecule has 772 valence electrons. The minimum atomic E-state index is -0.815. The van der Waals surface area contributed by atoms with E-state index < -0.39 is 29.7 Å². The summed E-state index contributed by atoms with van der Waals surface area (Å²) < 4.78 is 48.8. The van der Waals surface area contributed by atoms with Gasteiger partial charge >= 0.3 is 0 Å². The zero-order valence-electron chi connectivity index (χ0n) is 84.2. The van der Waals surface area contributed by atoms with Crippen LogP contribution in [-0.4, -0.2) is 238 Å². The molecule has 9 aliphatic rings. The molecule has 0 radical (unpaired) electrons. The number of anilines is 4. The monoisotopic (exact) mass is 2070 g/mol. The number of carbonyl (C=O) groups excluding carboxylic acids is 8. The van der Waals surface area contributed by atoms with E-state index in [1.165, 1.54) is 38.5 Å². The first-order chi connectivity index (χ1) is 69.8. The Morgan fingerprint density at radius 3 is 0.972 bits per heavy atom. The molecule has 12 heterocycles. The van der Waals surface area contributed by atoms with Crippen LogP contribution in [0, 0.1) is 23.7 Å². The lowest BCUT2D eigenvalue weighted by molar-refractivity contribution is -0.128. The average Bonchev–Trinajstić information content (AvgIpc) is 1.61. The van der Waals surface area contributed by atoms with E-state index in [1.807, 2.05) is 108 Å². The zero-order chi connectivity index (χ0) is 104. The number of piperidine rings is 4. The number of likely N-dealkylation sites (tertiary alicyclic amines) is 4. The number of hydrogen-bond donors (Lipinski definition) is 9. The molecule has 9 aromatic rings. The fraction of sp³-hybridized carbons (Fsp3) is 0.458. The van der Waals surface area contributed by atoms with Gasteiger partial charge in [0.2, 0.25) is 23.6 Å². The van der Waals surface area contributed by atoms with Crippen molar-refractivity contribution in [3.05, 3.63) is 183 Å². The number of primary amides is 4. The lowest BCUT2D eigenvalue weighted by Gasteiger charge is -2.38. The molecule has 0 bridgehead atoms. The second-order valence-electron chi connectivity index (χ2n) is 38.3. The smallest absolute Gasteiger partial charge is 0.254 e. The van der Waals surface area contributed by atoms with Crippen LogP contribution in [0.15, 0.2) is 134 Å². The Balaban J connectivity index is 0.000000146. The molecule has 36 nitrogen and oxygen atoms in total. The van der Waals surface area contributed by atoms with E-state index in [9.17, 15) is 43.5 Å². The van der Waals surface area contributed by atoms with Crippen molar-refractivity contribution in [1.29, 1.82) is 0 Å². The molecule has 4 aromatic heterocycles. The van der Waals surface area contributed by atoms with Crippen LogP contribution in [0.1, 0.15) is 230 Å². The number of methoxy groups -OCH3 is 5. The average molecular weight is 2070 g/mol. The number of nitrogens with one attached hydrogen (secondary N) is 4. The van der Waals surface area contributed by atoms with Crippen molar-refractivity contribution in [1.82, 2.24) is 58.7 Å². The lowest BCUT2D eigenvalue weighted by Crippen LogP contribution is -2.41. The van der Waals surface area contributed by atoms with Gasteiger partial charge in [0.1, 0.15) is 109 Å². The number of hydrogen-bond acceptors (Lipinski definition) is 24. The van der Waals surface area contributed by atoms with Crippen LogP contribution in [0.3, 0.4) is 0 Å². The Hall–Kier alpha value is -13.8. The van der Waals surface area contributed by atoms with Crippen molar-refractivity contribution < 1.29 is 76.6 Å². The highest BCUT2D eigenvalue weighted by molar-refractivity contribution is 9.10. The zero-order valence-corrected chi connectivity index (χ0v) is 86.5. The summed E-state index contributed by atoms with van der Waals surface area (Å²) in [6.07, 6.45) is 17.2. The lowest BCUT2D eigenvalue weighted by atomic mass is 9.87. The number of aliphatic hydroxyl groups excluding tert-OH is 1. The predicted octanol–water partition coefficient (Wildman–Crippen LogP) is 15.4. The van der Waals surface area contributed by atoms with E-state index in [1.54, 1.807) is 46.5 Å². The number of benzene rings is 5. The van der Waals surface area contributed by atoms with Gasteiger partial charge in [-0.2, -0.15) is 20.4 Å². The number of amides is 8. The van der Waals surface area contributed by atoms with Crippen LogP contribution >= 0.6 is 27.5 Å². The highest BCUT2D eigenvalue weighted by Crippen LogP contribution is 2.54. The first-order valence-electron chi connectivity index (χ1n) is 49.9. The standard InChI is InChI=1S/C31H37N5O4.C28H37N5O4.C25H33N5O5.C23H27BrClN5O3/c1-5-26(37)35-15-12-21(13-16-35)23-11-14-33-31-28(30(32)38)29(34-36(23)31)22-17-24(39-3)27(25(18-22)40-4)19(2)20-9-7-6-8-10-20;1-5-23(34)32-12-9-17(10-13-32)20-8-11-30-28-25(27(29)35)26(31-33(20)28)19-14-21(36-4)24(18-6-7-18)22(15-19)37-16(2)3;1-5-20(32)29-10-7-15(8-11-29)17-6-9-27-25-22(24(26)33)23(28-30(17)25)16-12-18(34-3)21(14(2)31)19(13-16)35-4;1-3-18(31)29-9-6-13(7-10-29)16-5-8-27-23-19(22(26)32)21(28-30(16)23)14-11-15(25)20(24)17(12-14)33-4-2/h5-10,17-19,21,23,33H,1,11-16H2,2-4H3,(H2,32,38);5,14-18,20,30H,1,6-13H2,2-4H3,(H2,29,35);5,12-15,17,27,31H,1,6-11H2,2-4H3,(H2,26,33);3,11-13,16,27H,1,4-10H2,2H3,(H2,26,32). The van der Waals surface area contributed by atoms with Gasteiger partial charge in [-0.1, -0.05) is 75.2 Å². The molecule has 18 rings (SSSR count). The fourth-order valence-corrected chi connectivity index (χ4v) is 22.7. The van der Waals surface area contributed by atoms with Crippen molar-refractivity contribution in [3.8, 4) is 85.3 Å². The van der Waals surface area contributed by atoms with Crippen LogP contribution in [-0.2, 0) is 19.2 Å². The third-order valence-electron chi connectivity index (χ3n) is 29.4. The third kappa shape index (κ3) is 22.2. The quantitative estimate of drug-likeness (QED) is 0.0197. The van der Waals surface area contributed by atoms with E-state index in [0.717, 1.165) is 130 Å². The Morgan fingerprint density at radius 1 is 0.421 bits per heavy atom. The molecule has 1 saturated carbocycles. The summed E-state index contributed by atoms with van der Waals surface area (Å²) in [4.78, 5) is 106. The molecule has 0 spiro atoms. The molecule has 5 aromatic carbocycles. The number of nitrogens with two attached hydrogens (primary N) is 4. The maximum absolute atomic E-state index is 12.8. The number of carbonyl (C=O) groups is 8. The number of nitrogens with zero attached hydrogens (tertiary/aromatic N) is 12.